The highest BCUT2D eigenvalue weighted by molar-refractivity contribution is 5.02. The molecule has 0 heterocycles. The molecule has 0 aromatic rings. The van der Waals surface area contributed by atoms with Crippen LogP contribution in [-0.2, 0) is 0 Å². The molecule has 0 saturated heterocycles. The van der Waals surface area contributed by atoms with Crippen molar-refractivity contribution >= 4 is 0 Å². The van der Waals surface area contributed by atoms with Gasteiger partial charge in [0.05, 0.1) is 6.04 Å². The van der Waals surface area contributed by atoms with E-state index in [1.54, 1.807) is 0 Å². The lowest BCUT2D eigenvalue weighted by Gasteiger charge is -2.38. The molecule has 0 aromatic carbocycles. The zero-order valence-corrected chi connectivity index (χ0v) is 10.2. The summed E-state index contributed by atoms with van der Waals surface area (Å²) < 4.78 is 0. The molecule has 1 aliphatic rings. The van der Waals surface area contributed by atoms with E-state index in [1.807, 2.05) is 0 Å². The molecule has 0 spiro atoms. The Morgan fingerprint density at radius 3 is 2.13 bits per heavy atom. The largest absolute Gasteiger partial charge is 0.270 e. The minimum Gasteiger partial charge on any atom is -0.270 e. The number of hydrogen-bond donors (Lipinski definition) is 2. The molecule has 0 aromatic heterocycles. The molecule has 3 N–H and O–H groups in total. The number of nitrogens with one attached hydrogen (secondary N) is 1. The van der Waals surface area contributed by atoms with Gasteiger partial charge in [-0.25, -0.2) is 5.43 Å². The average Bonchev–Trinajstić information content (AvgIpc) is 2.19. The Bertz CT molecular complexity index is 226. The van der Waals surface area contributed by atoms with Crippen LogP contribution < -0.4 is 11.3 Å². The second-order valence-corrected chi connectivity index (χ2v) is 5.79. The minimum atomic E-state index is 0.0610. The molecule has 1 rings (SSSR count). The van der Waals surface area contributed by atoms with Crippen LogP contribution >= 0.6 is 0 Å². The normalized spacial score (nSPS) is 29.5. The van der Waals surface area contributed by atoms with Crippen LogP contribution in [0.4, 0.5) is 0 Å². The van der Waals surface area contributed by atoms with Crippen molar-refractivity contribution in [2.45, 2.75) is 52.5 Å². The Labute approximate surface area is 94.0 Å². The molecular weight excluding hydrogens is 184 g/mol. The van der Waals surface area contributed by atoms with E-state index in [0.717, 1.165) is 5.92 Å². The van der Waals surface area contributed by atoms with Gasteiger partial charge in [0.25, 0.3) is 0 Å². The van der Waals surface area contributed by atoms with Crippen LogP contribution in [0.15, 0.2) is 0 Å². The topological polar surface area (TPSA) is 38.0 Å². The van der Waals surface area contributed by atoms with E-state index >= 15 is 0 Å². The van der Waals surface area contributed by atoms with E-state index in [-0.39, 0.29) is 6.04 Å². The lowest BCUT2D eigenvalue weighted by molar-refractivity contribution is 0.141. The zero-order valence-electron chi connectivity index (χ0n) is 10.2. The fraction of sp³-hybridized carbons (Fsp3) is 0.846. The second-order valence-electron chi connectivity index (χ2n) is 5.79. The van der Waals surface area contributed by atoms with Crippen LogP contribution in [0.1, 0.15) is 46.5 Å². The van der Waals surface area contributed by atoms with E-state index in [0.29, 0.717) is 11.3 Å². The van der Waals surface area contributed by atoms with Gasteiger partial charge in [-0.2, -0.15) is 0 Å². The highest BCUT2D eigenvalue weighted by Gasteiger charge is 2.31. The maximum absolute atomic E-state index is 5.44. The molecule has 1 atom stereocenters. The van der Waals surface area contributed by atoms with Crippen molar-refractivity contribution in [3.63, 3.8) is 0 Å². The summed E-state index contributed by atoms with van der Waals surface area (Å²) >= 11 is 0. The van der Waals surface area contributed by atoms with Crippen molar-refractivity contribution in [1.29, 1.82) is 0 Å². The van der Waals surface area contributed by atoms with E-state index in [9.17, 15) is 0 Å². The molecule has 1 aliphatic carbocycles. The van der Waals surface area contributed by atoms with Gasteiger partial charge >= 0.3 is 0 Å². The Morgan fingerprint density at radius 2 is 1.80 bits per heavy atom. The number of hydrazine groups is 1. The first-order valence-electron chi connectivity index (χ1n) is 5.91. The Kier molecular flexibility index (Phi) is 4.19. The molecule has 2 heteroatoms. The second kappa shape index (κ2) is 5.01. The van der Waals surface area contributed by atoms with Crippen molar-refractivity contribution in [3.8, 4) is 12.3 Å². The molecule has 1 unspecified atom stereocenters. The fourth-order valence-electron chi connectivity index (χ4n) is 2.64. The van der Waals surface area contributed by atoms with E-state index in [1.165, 1.54) is 25.7 Å². The lowest BCUT2D eigenvalue weighted by atomic mass is 9.68. The molecule has 0 aliphatic heterocycles. The van der Waals surface area contributed by atoms with Crippen LogP contribution in [0.25, 0.3) is 0 Å². The van der Waals surface area contributed by atoms with Gasteiger partial charge in [0.1, 0.15) is 0 Å². The first kappa shape index (κ1) is 12.5. The summed E-state index contributed by atoms with van der Waals surface area (Å²) in [5, 5.41) is 0. The van der Waals surface area contributed by atoms with Crippen molar-refractivity contribution in [3.05, 3.63) is 0 Å². The quantitative estimate of drug-likeness (QED) is 0.415. The van der Waals surface area contributed by atoms with Gasteiger partial charge in [0, 0.05) is 0 Å². The minimum absolute atomic E-state index is 0.0610. The molecule has 0 bridgehead atoms. The predicted octanol–water partition coefficient (Wildman–Crippen LogP) is 2.30. The van der Waals surface area contributed by atoms with Gasteiger partial charge in [0.15, 0.2) is 0 Å². The molecular formula is C13H24N2. The Balaban J connectivity index is 2.46. The van der Waals surface area contributed by atoms with Crippen LogP contribution in [-0.4, -0.2) is 6.04 Å². The Hall–Kier alpha value is -0.520. The Morgan fingerprint density at radius 1 is 1.27 bits per heavy atom. The van der Waals surface area contributed by atoms with Crippen LogP contribution in [0.3, 0.4) is 0 Å². The van der Waals surface area contributed by atoms with Crippen LogP contribution in [0.5, 0.6) is 0 Å². The van der Waals surface area contributed by atoms with Gasteiger partial charge in [-0.05, 0) is 42.9 Å². The fourth-order valence-corrected chi connectivity index (χ4v) is 2.64. The average molecular weight is 208 g/mol. The van der Waals surface area contributed by atoms with Gasteiger partial charge in [0.2, 0.25) is 0 Å². The summed E-state index contributed by atoms with van der Waals surface area (Å²) in [6, 6.07) is 0.0610. The van der Waals surface area contributed by atoms with Gasteiger partial charge in [-0.15, -0.1) is 6.42 Å². The molecule has 0 amide bonds. The third-order valence-corrected chi connectivity index (χ3v) is 3.83. The molecule has 86 valence electrons. The summed E-state index contributed by atoms with van der Waals surface area (Å²) in [7, 11) is 0. The zero-order chi connectivity index (χ0) is 11.5. The van der Waals surface area contributed by atoms with Crippen LogP contribution in [0, 0.1) is 29.6 Å². The SMILES string of the molecule is C#CC(NN)C1CCC(C(C)(C)C)CC1. The van der Waals surface area contributed by atoms with Crippen molar-refractivity contribution in [2.75, 3.05) is 0 Å². The van der Waals surface area contributed by atoms with E-state index in [2.05, 4.69) is 32.1 Å². The molecule has 0 radical (unpaired) electrons. The summed E-state index contributed by atoms with van der Waals surface area (Å²) in [4.78, 5) is 0. The van der Waals surface area contributed by atoms with Crippen molar-refractivity contribution < 1.29 is 0 Å². The van der Waals surface area contributed by atoms with Gasteiger partial charge in [-0.1, -0.05) is 26.7 Å². The maximum Gasteiger partial charge on any atom is 0.0842 e. The third-order valence-electron chi connectivity index (χ3n) is 3.83. The number of terminal acetylenes is 1. The first-order valence-corrected chi connectivity index (χ1v) is 5.91. The standard InChI is InChI=1S/C13H24N2/c1-5-12(15-14)10-6-8-11(9-7-10)13(2,3)4/h1,10-12,15H,6-9,14H2,2-4H3. The summed E-state index contributed by atoms with van der Waals surface area (Å²) in [5.74, 6) is 9.59. The van der Waals surface area contributed by atoms with Crippen molar-refractivity contribution in [2.24, 2.45) is 23.1 Å². The summed E-state index contributed by atoms with van der Waals surface area (Å²) in [6.45, 7) is 6.99. The molecule has 15 heavy (non-hydrogen) atoms. The lowest BCUT2D eigenvalue weighted by Crippen LogP contribution is -2.42. The highest BCUT2D eigenvalue weighted by atomic mass is 15.2. The van der Waals surface area contributed by atoms with E-state index < -0.39 is 0 Å². The number of nitrogens with two attached hydrogens (primary N) is 1. The predicted molar refractivity (Wildman–Crippen MR) is 64.8 cm³/mol. The summed E-state index contributed by atoms with van der Waals surface area (Å²) in [5.41, 5.74) is 3.18. The van der Waals surface area contributed by atoms with Gasteiger partial charge < -0.3 is 0 Å². The number of hydrogen-bond acceptors (Lipinski definition) is 2. The summed E-state index contributed by atoms with van der Waals surface area (Å²) in [6.07, 6.45) is 10.4. The monoisotopic (exact) mass is 208 g/mol. The van der Waals surface area contributed by atoms with Crippen LogP contribution in [0.2, 0.25) is 0 Å². The molecule has 2 nitrogen and oxygen atoms in total. The first-order chi connectivity index (χ1) is 6.99. The van der Waals surface area contributed by atoms with E-state index in [4.69, 9.17) is 12.3 Å². The smallest absolute Gasteiger partial charge is 0.0842 e. The maximum atomic E-state index is 5.44. The van der Waals surface area contributed by atoms with Gasteiger partial charge in [-0.3, -0.25) is 5.84 Å². The number of rotatable bonds is 2. The highest BCUT2D eigenvalue weighted by Crippen LogP contribution is 2.40. The van der Waals surface area contributed by atoms with Crippen molar-refractivity contribution in [1.82, 2.24) is 5.43 Å². The third kappa shape index (κ3) is 3.22. The molecule has 1 fully saturated rings. The molecule has 1 saturated carbocycles.